The van der Waals surface area contributed by atoms with Crippen LogP contribution in [0.3, 0.4) is 0 Å². The van der Waals surface area contributed by atoms with Crippen LogP contribution in [0.5, 0.6) is 0 Å². The van der Waals surface area contributed by atoms with Crippen LogP contribution in [0.15, 0.2) is 43.0 Å². The summed E-state index contributed by atoms with van der Waals surface area (Å²) in [6.07, 6.45) is 7.60. The Hall–Kier alpha value is -4.70. The highest BCUT2D eigenvalue weighted by atomic mass is 19.1. The van der Waals surface area contributed by atoms with E-state index >= 15 is 0 Å². The highest BCUT2D eigenvalue weighted by Gasteiger charge is 2.43. The number of ether oxygens (including phenoxy) is 1. The van der Waals surface area contributed by atoms with Gasteiger partial charge in [0.25, 0.3) is 5.91 Å². The van der Waals surface area contributed by atoms with Gasteiger partial charge in [-0.25, -0.2) is 24.0 Å². The molecule has 5 rings (SSSR count). The maximum absolute atomic E-state index is 13.4. The number of carbonyl (C=O) groups excluding carboxylic acids is 1. The average molecular weight is 545 g/mol. The van der Waals surface area contributed by atoms with E-state index in [0.717, 1.165) is 17.5 Å². The van der Waals surface area contributed by atoms with Crippen LogP contribution in [0.1, 0.15) is 67.2 Å². The molecule has 206 valence electrons. The van der Waals surface area contributed by atoms with E-state index in [0.29, 0.717) is 48.8 Å². The van der Waals surface area contributed by atoms with Crippen molar-refractivity contribution < 1.29 is 13.9 Å². The first-order chi connectivity index (χ1) is 19.3. The molecule has 1 aliphatic carbocycles. The van der Waals surface area contributed by atoms with Crippen LogP contribution in [-0.2, 0) is 9.53 Å². The smallest absolute Gasteiger partial charge is 0.252 e. The van der Waals surface area contributed by atoms with Gasteiger partial charge >= 0.3 is 0 Å². The maximum Gasteiger partial charge on any atom is 0.252 e. The van der Waals surface area contributed by atoms with Gasteiger partial charge in [-0.2, -0.15) is 15.5 Å². The number of carbonyl (C=O) groups is 1. The Labute approximate surface area is 230 Å². The van der Waals surface area contributed by atoms with Crippen molar-refractivity contribution >= 4 is 17.5 Å². The second kappa shape index (κ2) is 11.2. The lowest BCUT2D eigenvalue weighted by Gasteiger charge is -2.38. The van der Waals surface area contributed by atoms with E-state index in [1.807, 2.05) is 26.0 Å². The van der Waals surface area contributed by atoms with E-state index in [4.69, 9.17) is 4.74 Å². The van der Waals surface area contributed by atoms with E-state index in [9.17, 15) is 14.4 Å². The molecule has 0 spiro atoms. The molecule has 40 heavy (non-hydrogen) atoms. The SMILES string of the molecule is CO[C@]1(C(=O)N[C@@H](C)c2ccc(-n3cc(F)cn3)nc2)CC[C@H](c2nc(Nc3cc(C)[nH]n3)cnc2C#N)CC1. The van der Waals surface area contributed by atoms with Crippen LogP contribution >= 0.6 is 0 Å². The van der Waals surface area contributed by atoms with Crippen LogP contribution in [0.4, 0.5) is 16.0 Å². The molecule has 13 heteroatoms. The Morgan fingerprint density at radius 3 is 2.65 bits per heavy atom. The lowest BCUT2D eigenvalue weighted by Crippen LogP contribution is -2.50. The number of pyridine rings is 1. The number of hydrogen-bond acceptors (Lipinski definition) is 9. The van der Waals surface area contributed by atoms with Crippen molar-refractivity contribution in [3.63, 3.8) is 0 Å². The molecule has 1 amide bonds. The van der Waals surface area contributed by atoms with Crippen molar-refractivity contribution in [2.45, 2.75) is 57.1 Å². The summed E-state index contributed by atoms with van der Waals surface area (Å²) in [4.78, 5) is 26.8. The van der Waals surface area contributed by atoms with E-state index in [1.165, 1.54) is 17.1 Å². The van der Waals surface area contributed by atoms with E-state index < -0.39 is 11.4 Å². The van der Waals surface area contributed by atoms with Crippen molar-refractivity contribution in [3.05, 3.63) is 71.4 Å². The largest absolute Gasteiger partial charge is 0.368 e. The molecule has 1 aliphatic rings. The first kappa shape index (κ1) is 26.9. The minimum atomic E-state index is -1.01. The molecule has 1 atom stereocenters. The maximum atomic E-state index is 13.4. The van der Waals surface area contributed by atoms with Crippen LogP contribution in [0.25, 0.3) is 5.82 Å². The molecule has 0 aromatic carbocycles. The number of anilines is 2. The Morgan fingerprint density at radius 2 is 2.05 bits per heavy atom. The molecule has 1 saturated carbocycles. The lowest BCUT2D eigenvalue weighted by atomic mass is 9.76. The van der Waals surface area contributed by atoms with Crippen molar-refractivity contribution in [3.8, 4) is 11.9 Å². The molecule has 0 bridgehead atoms. The van der Waals surface area contributed by atoms with E-state index in [-0.39, 0.29) is 23.6 Å². The summed E-state index contributed by atoms with van der Waals surface area (Å²) in [7, 11) is 1.54. The van der Waals surface area contributed by atoms with Crippen molar-refractivity contribution in [2.75, 3.05) is 12.4 Å². The topological polar surface area (TPSA) is 159 Å². The van der Waals surface area contributed by atoms with Gasteiger partial charge in [0.1, 0.15) is 11.7 Å². The van der Waals surface area contributed by atoms with Crippen LogP contribution in [0, 0.1) is 24.1 Å². The van der Waals surface area contributed by atoms with Gasteiger partial charge in [0.05, 0.1) is 30.3 Å². The molecule has 12 nitrogen and oxygen atoms in total. The van der Waals surface area contributed by atoms with Crippen molar-refractivity contribution in [1.82, 2.24) is 40.2 Å². The highest BCUT2D eigenvalue weighted by Crippen LogP contribution is 2.40. The molecule has 0 radical (unpaired) electrons. The molecular weight excluding hydrogens is 515 g/mol. The summed E-state index contributed by atoms with van der Waals surface area (Å²) in [5.74, 6) is 0.854. The number of amides is 1. The van der Waals surface area contributed by atoms with Gasteiger partial charge in [-0.15, -0.1) is 0 Å². The predicted molar refractivity (Wildman–Crippen MR) is 142 cm³/mol. The summed E-state index contributed by atoms with van der Waals surface area (Å²) in [6.45, 7) is 3.76. The third kappa shape index (κ3) is 5.52. The molecule has 1 fully saturated rings. The number of halogens is 1. The normalized spacial score (nSPS) is 19.5. The van der Waals surface area contributed by atoms with Gasteiger partial charge in [-0.3, -0.25) is 9.89 Å². The van der Waals surface area contributed by atoms with Crippen LogP contribution in [-0.4, -0.2) is 53.5 Å². The molecule has 4 heterocycles. The second-order valence-electron chi connectivity index (χ2n) is 9.88. The van der Waals surface area contributed by atoms with Crippen LogP contribution < -0.4 is 10.6 Å². The Morgan fingerprint density at radius 1 is 1.25 bits per heavy atom. The number of aromatic nitrogens is 7. The van der Waals surface area contributed by atoms with Crippen molar-refractivity contribution in [2.24, 2.45) is 0 Å². The van der Waals surface area contributed by atoms with E-state index in [2.05, 4.69) is 47.0 Å². The third-order valence-corrected chi connectivity index (χ3v) is 7.26. The highest BCUT2D eigenvalue weighted by molar-refractivity contribution is 5.85. The van der Waals surface area contributed by atoms with Gasteiger partial charge in [-0.05, 0) is 51.2 Å². The molecule has 4 aromatic heterocycles. The van der Waals surface area contributed by atoms with E-state index in [1.54, 1.807) is 19.4 Å². The Balaban J connectivity index is 1.24. The standard InChI is InChI=1S/C27H29FN10O2/c1-16-10-22(37-36-16)34-23-14-30-21(11-29)25(35-23)18-6-8-27(40-3,9-7-18)26(39)33-17(2)19-4-5-24(31-12-19)38-15-20(28)13-32-38/h4-5,10,12-15,17-18H,6-9H2,1-3H3,(H,33,39)(H2,34,35,36,37)/t17-,18-,27+/m0/s1. The Bertz CT molecular complexity index is 1530. The number of rotatable bonds is 8. The number of hydrogen-bond donors (Lipinski definition) is 3. The zero-order valence-electron chi connectivity index (χ0n) is 22.3. The summed E-state index contributed by atoms with van der Waals surface area (Å²) < 4.78 is 20.4. The number of nitriles is 1. The van der Waals surface area contributed by atoms with Gasteiger partial charge in [-0.1, -0.05) is 6.07 Å². The number of nitrogens with zero attached hydrogens (tertiary/aromatic N) is 7. The zero-order valence-corrected chi connectivity index (χ0v) is 22.3. The lowest BCUT2D eigenvalue weighted by molar-refractivity contribution is -0.148. The molecule has 0 saturated heterocycles. The first-order valence-corrected chi connectivity index (χ1v) is 12.9. The van der Waals surface area contributed by atoms with Crippen molar-refractivity contribution in [1.29, 1.82) is 5.26 Å². The molecule has 3 N–H and O–H groups in total. The van der Waals surface area contributed by atoms with Crippen LogP contribution in [0.2, 0.25) is 0 Å². The number of nitrogens with one attached hydrogen (secondary N) is 3. The monoisotopic (exact) mass is 544 g/mol. The molecule has 4 aromatic rings. The summed E-state index contributed by atoms with van der Waals surface area (Å²) in [5.41, 5.74) is 1.55. The van der Waals surface area contributed by atoms with Gasteiger partial charge in [0.15, 0.2) is 29.0 Å². The fourth-order valence-electron chi connectivity index (χ4n) is 4.96. The van der Waals surface area contributed by atoms with Gasteiger partial charge < -0.3 is 15.4 Å². The molecule has 0 aliphatic heterocycles. The fourth-order valence-corrected chi connectivity index (χ4v) is 4.96. The Kier molecular flexibility index (Phi) is 7.52. The minimum absolute atomic E-state index is 0.0535. The number of H-pyrrole nitrogens is 1. The molecule has 0 unspecified atom stereocenters. The zero-order chi connectivity index (χ0) is 28.3. The quantitative estimate of drug-likeness (QED) is 0.300. The first-order valence-electron chi connectivity index (χ1n) is 12.9. The second-order valence-corrected chi connectivity index (χ2v) is 9.88. The number of aryl methyl sites for hydroxylation is 1. The summed E-state index contributed by atoms with van der Waals surface area (Å²) >= 11 is 0. The molecular formula is C27H29FN10O2. The third-order valence-electron chi connectivity index (χ3n) is 7.26. The van der Waals surface area contributed by atoms with Gasteiger partial charge in [0.2, 0.25) is 0 Å². The summed E-state index contributed by atoms with van der Waals surface area (Å²) in [6, 6.07) is 7.18. The minimum Gasteiger partial charge on any atom is -0.368 e. The fraction of sp³-hybridized carbons (Fsp3) is 0.370. The predicted octanol–water partition coefficient (Wildman–Crippen LogP) is 3.76. The number of methoxy groups -OCH3 is 1. The summed E-state index contributed by atoms with van der Waals surface area (Å²) in [5, 5.41) is 26.8. The van der Waals surface area contributed by atoms with Gasteiger partial charge in [0, 0.05) is 31.0 Å². The number of aromatic amines is 1. The average Bonchev–Trinajstić information content (AvgIpc) is 3.60.